The van der Waals surface area contributed by atoms with E-state index in [1.165, 1.54) is 20.0 Å². The summed E-state index contributed by atoms with van der Waals surface area (Å²) >= 11 is 1.57. The lowest BCUT2D eigenvalue weighted by atomic mass is 10.2. The monoisotopic (exact) mass is 255 g/mol. The molecule has 1 saturated carbocycles. The van der Waals surface area contributed by atoms with Crippen molar-refractivity contribution >= 4 is 17.3 Å². The summed E-state index contributed by atoms with van der Waals surface area (Å²) in [7, 11) is 1.39. The van der Waals surface area contributed by atoms with Gasteiger partial charge in [0.25, 0.3) is 0 Å². The molecule has 4 nitrogen and oxygen atoms in total. The molecule has 94 valence electrons. The van der Waals surface area contributed by atoms with E-state index in [0.29, 0.717) is 12.5 Å². The van der Waals surface area contributed by atoms with Crippen LogP contribution < -0.4 is 0 Å². The number of ether oxygens (including phenoxy) is 2. The summed E-state index contributed by atoms with van der Waals surface area (Å²) in [5.74, 6) is 0.369. The van der Waals surface area contributed by atoms with E-state index in [0.717, 1.165) is 10.7 Å². The Morgan fingerprint density at radius 2 is 2.41 bits per heavy atom. The maximum atomic E-state index is 11.1. The smallest absolute Gasteiger partial charge is 0.311 e. The third-order valence-electron chi connectivity index (χ3n) is 2.76. The number of nitrogens with zero attached hydrogens (tertiary/aromatic N) is 1. The van der Waals surface area contributed by atoms with Gasteiger partial charge in [-0.1, -0.05) is 0 Å². The van der Waals surface area contributed by atoms with Crippen LogP contribution in [0.25, 0.3) is 0 Å². The summed E-state index contributed by atoms with van der Waals surface area (Å²) in [6, 6.07) is 0. The van der Waals surface area contributed by atoms with Crippen molar-refractivity contribution in [3.8, 4) is 0 Å². The van der Waals surface area contributed by atoms with Crippen LogP contribution in [0.2, 0.25) is 0 Å². The largest absolute Gasteiger partial charge is 0.469 e. The zero-order valence-corrected chi connectivity index (χ0v) is 11.0. The molecule has 0 aliphatic heterocycles. The molecule has 1 aromatic rings. The van der Waals surface area contributed by atoms with Gasteiger partial charge in [-0.05, 0) is 25.7 Å². The zero-order valence-electron chi connectivity index (χ0n) is 10.1. The number of thiazole rings is 1. The van der Waals surface area contributed by atoms with Gasteiger partial charge in [-0.3, -0.25) is 4.79 Å². The minimum absolute atomic E-state index is 0.122. The molecule has 0 bridgehead atoms. The molecule has 2 rings (SSSR count). The van der Waals surface area contributed by atoms with Gasteiger partial charge in [0.15, 0.2) is 0 Å². The van der Waals surface area contributed by atoms with Gasteiger partial charge in [-0.25, -0.2) is 4.98 Å². The Hall–Kier alpha value is -0.940. The highest BCUT2D eigenvalue weighted by molar-refractivity contribution is 7.09. The average molecular weight is 255 g/mol. The van der Waals surface area contributed by atoms with Gasteiger partial charge < -0.3 is 9.47 Å². The second-order valence-electron chi connectivity index (χ2n) is 4.14. The van der Waals surface area contributed by atoms with Gasteiger partial charge in [0.2, 0.25) is 0 Å². The summed E-state index contributed by atoms with van der Waals surface area (Å²) in [5.41, 5.74) is 0.780. The molecule has 1 fully saturated rings. The highest BCUT2D eigenvalue weighted by atomic mass is 32.1. The molecule has 1 aromatic heterocycles. The number of carbonyl (C=O) groups excluding carboxylic acids is 1. The standard InChI is InChI=1S/C12H17NO3S/c1-3-16-11(8-4-5-8)12-13-9(7-17-12)6-10(14)15-2/h7-8,11H,3-6H2,1-2H3. The van der Waals surface area contributed by atoms with Gasteiger partial charge >= 0.3 is 5.97 Å². The molecular formula is C12H17NO3S. The lowest BCUT2D eigenvalue weighted by Gasteiger charge is -2.12. The Morgan fingerprint density at radius 3 is 3.00 bits per heavy atom. The maximum Gasteiger partial charge on any atom is 0.311 e. The highest BCUT2D eigenvalue weighted by Crippen LogP contribution is 2.44. The van der Waals surface area contributed by atoms with E-state index >= 15 is 0 Å². The summed E-state index contributed by atoms with van der Waals surface area (Å²) in [4.78, 5) is 15.6. The summed E-state index contributed by atoms with van der Waals surface area (Å²) in [5, 5.41) is 2.91. The molecule has 0 amide bonds. The van der Waals surface area contributed by atoms with Crippen LogP contribution in [0.4, 0.5) is 0 Å². The fourth-order valence-electron chi connectivity index (χ4n) is 1.74. The molecule has 1 aliphatic rings. The van der Waals surface area contributed by atoms with Gasteiger partial charge in [-0.15, -0.1) is 11.3 Å². The van der Waals surface area contributed by atoms with Gasteiger partial charge in [0.05, 0.1) is 19.2 Å². The van der Waals surface area contributed by atoms with Gasteiger partial charge in [0.1, 0.15) is 11.1 Å². The minimum atomic E-state index is -0.249. The maximum absolute atomic E-state index is 11.1. The first-order chi connectivity index (χ1) is 8.24. The molecule has 0 saturated heterocycles. The van der Waals surface area contributed by atoms with Crippen LogP contribution in [0.15, 0.2) is 5.38 Å². The van der Waals surface area contributed by atoms with Gasteiger partial charge in [-0.2, -0.15) is 0 Å². The molecule has 0 radical (unpaired) electrons. The first-order valence-corrected chi connectivity index (χ1v) is 6.75. The SMILES string of the molecule is CCOC(c1nc(CC(=O)OC)cs1)C1CC1. The van der Waals surface area contributed by atoms with E-state index in [2.05, 4.69) is 9.72 Å². The molecule has 1 aliphatic carbocycles. The third-order valence-corrected chi connectivity index (χ3v) is 3.72. The predicted molar refractivity (Wildman–Crippen MR) is 64.9 cm³/mol. The van der Waals surface area contributed by atoms with Crippen molar-refractivity contribution in [3.63, 3.8) is 0 Å². The number of hydrogen-bond donors (Lipinski definition) is 0. The third kappa shape index (κ3) is 3.26. The average Bonchev–Trinajstić information content (AvgIpc) is 3.06. The minimum Gasteiger partial charge on any atom is -0.469 e. The second-order valence-corrected chi connectivity index (χ2v) is 5.03. The lowest BCUT2D eigenvalue weighted by Crippen LogP contribution is -2.08. The zero-order chi connectivity index (χ0) is 12.3. The fraction of sp³-hybridized carbons (Fsp3) is 0.667. The van der Waals surface area contributed by atoms with Gasteiger partial charge in [0, 0.05) is 12.0 Å². The molecule has 1 unspecified atom stereocenters. The van der Waals surface area contributed by atoms with Crippen molar-refractivity contribution in [1.29, 1.82) is 0 Å². The van der Waals surface area contributed by atoms with Crippen LogP contribution in [-0.2, 0) is 20.7 Å². The van der Waals surface area contributed by atoms with Crippen molar-refractivity contribution in [1.82, 2.24) is 4.98 Å². The summed E-state index contributed by atoms with van der Waals surface area (Å²) in [6.07, 6.45) is 2.81. The number of methoxy groups -OCH3 is 1. The quantitative estimate of drug-likeness (QED) is 0.732. The van der Waals surface area contributed by atoms with Crippen LogP contribution in [0.1, 0.15) is 36.6 Å². The Kier molecular flexibility index (Phi) is 4.12. The van der Waals surface area contributed by atoms with Crippen molar-refractivity contribution in [2.45, 2.75) is 32.3 Å². The van der Waals surface area contributed by atoms with Crippen LogP contribution >= 0.6 is 11.3 Å². The van der Waals surface area contributed by atoms with Crippen molar-refractivity contribution < 1.29 is 14.3 Å². The van der Waals surface area contributed by atoms with Crippen LogP contribution in [0.5, 0.6) is 0 Å². The van der Waals surface area contributed by atoms with E-state index < -0.39 is 0 Å². The predicted octanol–water partition coefficient (Wildman–Crippen LogP) is 2.35. The molecule has 0 N–H and O–H groups in total. The van der Waals surface area contributed by atoms with Crippen molar-refractivity contribution in [2.24, 2.45) is 5.92 Å². The fourth-order valence-corrected chi connectivity index (χ4v) is 2.70. The lowest BCUT2D eigenvalue weighted by molar-refractivity contribution is -0.139. The van der Waals surface area contributed by atoms with E-state index in [4.69, 9.17) is 4.74 Å². The molecule has 1 atom stereocenters. The Bertz CT molecular complexity index is 387. The van der Waals surface area contributed by atoms with Crippen LogP contribution in [0.3, 0.4) is 0 Å². The molecule has 0 spiro atoms. The Morgan fingerprint density at radius 1 is 1.65 bits per heavy atom. The molecular weight excluding hydrogens is 238 g/mol. The Labute approximate surface area is 105 Å². The normalized spacial score (nSPS) is 16.8. The second kappa shape index (κ2) is 5.60. The van der Waals surface area contributed by atoms with Crippen molar-refractivity contribution in [3.05, 3.63) is 16.1 Å². The topological polar surface area (TPSA) is 48.4 Å². The van der Waals surface area contributed by atoms with Crippen LogP contribution in [-0.4, -0.2) is 24.7 Å². The van der Waals surface area contributed by atoms with E-state index in [1.54, 1.807) is 11.3 Å². The molecule has 0 aromatic carbocycles. The summed E-state index contributed by atoms with van der Waals surface area (Å²) in [6.45, 7) is 2.70. The number of carbonyl (C=O) groups is 1. The first-order valence-electron chi connectivity index (χ1n) is 5.87. The Balaban J connectivity index is 2.02. The molecule has 5 heteroatoms. The van der Waals surface area contributed by atoms with Crippen molar-refractivity contribution in [2.75, 3.05) is 13.7 Å². The molecule has 1 heterocycles. The van der Waals surface area contributed by atoms with E-state index in [-0.39, 0.29) is 18.5 Å². The van der Waals surface area contributed by atoms with E-state index in [1.807, 2.05) is 12.3 Å². The number of aromatic nitrogens is 1. The number of esters is 1. The molecule has 17 heavy (non-hydrogen) atoms. The van der Waals surface area contributed by atoms with Crippen LogP contribution in [0, 0.1) is 5.92 Å². The number of rotatable bonds is 6. The first kappa shape index (κ1) is 12.5. The summed E-state index contributed by atoms with van der Waals surface area (Å²) < 4.78 is 10.4. The van der Waals surface area contributed by atoms with E-state index in [9.17, 15) is 4.79 Å². The number of hydrogen-bond acceptors (Lipinski definition) is 5. The highest BCUT2D eigenvalue weighted by Gasteiger charge is 2.34.